The molecule has 3 N–H and O–H groups in total. The van der Waals surface area contributed by atoms with Gasteiger partial charge >= 0.3 is 13.1 Å². The normalized spacial score (nSPS) is 11.9. The second-order valence-electron chi connectivity index (χ2n) is 6.52. The highest BCUT2D eigenvalue weighted by atomic mass is 35.5. The molecule has 0 aliphatic rings. The van der Waals surface area contributed by atoms with E-state index in [1.54, 1.807) is 37.3 Å². The molecule has 0 spiro atoms. The van der Waals surface area contributed by atoms with Crippen LogP contribution in [0.5, 0.6) is 0 Å². The van der Waals surface area contributed by atoms with Gasteiger partial charge in [0.2, 0.25) is 0 Å². The summed E-state index contributed by atoms with van der Waals surface area (Å²) in [5.74, 6) is -2.34. The van der Waals surface area contributed by atoms with Gasteiger partial charge in [0.15, 0.2) is 5.78 Å². The van der Waals surface area contributed by atoms with Gasteiger partial charge in [-0.15, -0.1) is 0 Å². The number of rotatable bonds is 7. The van der Waals surface area contributed by atoms with Crippen LogP contribution in [0, 0.1) is 6.92 Å². The molecule has 0 unspecified atom stereocenters. The number of Topliss-reactive ketones (excluding diaryl/α,β-unsaturated/α-hetero) is 1. The molecule has 0 saturated heterocycles. The highest BCUT2D eigenvalue weighted by Crippen LogP contribution is 2.33. The van der Waals surface area contributed by atoms with Gasteiger partial charge in [0, 0.05) is 17.8 Å². The zero-order valence-corrected chi connectivity index (χ0v) is 16.1. The van der Waals surface area contributed by atoms with Crippen LogP contribution in [-0.2, 0) is 0 Å². The molecule has 9 heteroatoms. The van der Waals surface area contributed by atoms with Gasteiger partial charge in [-0.25, -0.2) is 4.79 Å². The average Bonchev–Trinajstić information content (AvgIpc) is 3.07. The fraction of sp³-hybridized carbons (Fsp3) is 0.150. The number of aromatic carboxylic acids is 1. The van der Waals surface area contributed by atoms with E-state index in [0.717, 1.165) is 0 Å². The van der Waals surface area contributed by atoms with Crippen LogP contribution in [0.3, 0.4) is 0 Å². The Hall–Kier alpha value is -2.94. The number of hydrogen-bond donors (Lipinski definition) is 3. The molecule has 2 aromatic carbocycles. The van der Waals surface area contributed by atoms with Gasteiger partial charge in [-0.2, -0.15) is 0 Å². The van der Waals surface area contributed by atoms with Gasteiger partial charge in [0.25, 0.3) is 0 Å². The van der Waals surface area contributed by atoms with Crippen molar-refractivity contribution < 1.29 is 29.3 Å². The zero-order chi connectivity index (χ0) is 21.1. The molecule has 3 aromatic rings. The van der Waals surface area contributed by atoms with Crippen LogP contribution in [0.4, 0.5) is 0 Å². The summed E-state index contributed by atoms with van der Waals surface area (Å²) < 4.78 is 5.19. The number of aromatic nitrogens is 1. The first kappa shape index (κ1) is 20.8. The third-order valence-electron chi connectivity index (χ3n) is 4.60. The molecular weight excluding hydrogens is 396 g/mol. The Morgan fingerprint density at radius 3 is 2.55 bits per heavy atom. The van der Waals surface area contributed by atoms with Crippen LogP contribution < -0.4 is 0 Å². The van der Waals surface area contributed by atoms with Crippen molar-refractivity contribution in [1.82, 2.24) is 5.16 Å². The Balaban J connectivity index is 1.97. The molecule has 7 nitrogen and oxygen atoms in total. The number of carbonyl (C=O) groups is 2. The Kier molecular flexibility index (Phi) is 6.17. The first-order valence-electron chi connectivity index (χ1n) is 8.73. The van der Waals surface area contributed by atoms with E-state index in [9.17, 15) is 19.6 Å². The number of benzene rings is 2. The number of hydrogen-bond acceptors (Lipinski definition) is 6. The van der Waals surface area contributed by atoms with Crippen molar-refractivity contribution in [1.29, 1.82) is 0 Å². The smallest absolute Gasteiger partial charge is 0.459 e. The molecule has 1 atom stereocenters. The topological polar surface area (TPSA) is 121 Å². The van der Waals surface area contributed by atoms with E-state index in [4.69, 9.17) is 21.2 Å². The van der Waals surface area contributed by atoms with E-state index in [-0.39, 0.29) is 29.0 Å². The summed E-state index contributed by atoms with van der Waals surface area (Å²) in [5, 5.41) is 33.2. The van der Waals surface area contributed by atoms with Crippen molar-refractivity contribution >= 4 is 30.5 Å². The number of halogens is 1. The minimum Gasteiger partial charge on any atom is -0.478 e. The number of carbonyl (C=O) groups excluding carboxylic acids is 1. The van der Waals surface area contributed by atoms with E-state index in [1.165, 1.54) is 18.2 Å². The van der Waals surface area contributed by atoms with Crippen LogP contribution in [0.25, 0.3) is 11.3 Å². The highest BCUT2D eigenvalue weighted by molar-refractivity contribution is 6.44. The van der Waals surface area contributed by atoms with Crippen molar-refractivity contribution in [2.45, 2.75) is 19.2 Å². The minimum atomic E-state index is -1.87. The lowest BCUT2D eigenvalue weighted by Crippen LogP contribution is -2.26. The quantitative estimate of drug-likeness (QED) is 0.401. The second-order valence-corrected chi connectivity index (χ2v) is 6.93. The predicted molar refractivity (Wildman–Crippen MR) is 107 cm³/mol. The lowest BCUT2D eigenvalue weighted by Gasteiger charge is -2.16. The van der Waals surface area contributed by atoms with E-state index in [0.29, 0.717) is 16.1 Å². The van der Waals surface area contributed by atoms with Gasteiger partial charge in [-0.3, -0.25) is 4.79 Å². The maximum atomic E-state index is 13.1. The molecule has 0 amide bonds. The standard InChI is InChI=1S/C20H17BClNO6/c1-11-18(19(23-29-11)14-7-2-3-8-16(14)22)17(24)10-15(21(27)28)12-5-4-6-13(9-12)20(25)26/h2-9,15,27-28H,10H2,1H3,(H,25,26)/t15-/m0/s1. The van der Waals surface area contributed by atoms with E-state index >= 15 is 0 Å². The largest absolute Gasteiger partial charge is 0.478 e. The summed E-state index contributed by atoms with van der Waals surface area (Å²) in [7, 11) is -1.87. The van der Waals surface area contributed by atoms with Gasteiger partial charge < -0.3 is 19.7 Å². The van der Waals surface area contributed by atoms with E-state index < -0.39 is 24.7 Å². The lowest BCUT2D eigenvalue weighted by molar-refractivity contribution is 0.0696. The number of carboxylic acid groups (broad SMARTS) is 1. The first-order chi connectivity index (χ1) is 13.8. The third kappa shape index (κ3) is 4.40. The van der Waals surface area contributed by atoms with Crippen molar-refractivity contribution in [2.75, 3.05) is 0 Å². The molecule has 3 rings (SSSR count). The predicted octanol–water partition coefficient (Wildman–Crippen LogP) is 3.37. The summed E-state index contributed by atoms with van der Waals surface area (Å²) in [5.41, 5.74) is 1.28. The molecule has 0 bridgehead atoms. The Bertz CT molecular complexity index is 1060. The van der Waals surface area contributed by atoms with Crippen LogP contribution in [0.2, 0.25) is 5.02 Å². The van der Waals surface area contributed by atoms with Gasteiger partial charge in [-0.1, -0.05) is 47.1 Å². The Labute approximate surface area is 171 Å². The number of ketones is 1. The van der Waals surface area contributed by atoms with Crippen molar-refractivity contribution in [3.8, 4) is 11.3 Å². The Morgan fingerprint density at radius 2 is 1.90 bits per heavy atom. The monoisotopic (exact) mass is 413 g/mol. The van der Waals surface area contributed by atoms with Gasteiger partial charge in [-0.05, 0) is 30.7 Å². The van der Waals surface area contributed by atoms with Crippen molar-refractivity contribution in [3.63, 3.8) is 0 Å². The average molecular weight is 414 g/mol. The Morgan fingerprint density at radius 1 is 1.17 bits per heavy atom. The number of aryl methyl sites for hydroxylation is 1. The SMILES string of the molecule is Cc1onc(-c2ccccc2Cl)c1C(=O)C[C@H](B(O)O)c1cccc(C(=O)O)c1. The third-order valence-corrected chi connectivity index (χ3v) is 4.93. The highest BCUT2D eigenvalue weighted by Gasteiger charge is 2.32. The molecule has 0 radical (unpaired) electrons. The lowest BCUT2D eigenvalue weighted by atomic mass is 9.65. The molecule has 0 saturated carbocycles. The fourth-order valence-corrected chi connectivity index (χ4v) is 3.36. The molecular formula is C20H17BClNO6. The summed E-state index contributed by atoms with van der Waals surface area (Å²) in [6, 6.07) is 12.6. The van der Waals surface area contributed by atoms with E-state index in [1.807, 2.05) is 0 Å². The minimum absolute atomic E-state index is 0.0153. The summed E-state index contributed by atoms with van der Waals surface area (Å²) >= 11 is 6.22. The van der Waals surface area contributed by atoms with Crippen molar-refractivity contribution in [2.24, 2.45) is 0 Å². The molecule has 148 valence electrons. The fourth-order valence-electron chi connectivity index (χ4n) is 3.14. The molecule has 0 aliphatic heterocycles. The summed E-state index contributed by atoms with van der Waals surface area (Å²) in [6.07, 6.45) is -0.291. The molecule has 0 fully saturated rings. The van der Waals surface area contributed by atoms with Crippen LogP contribution in [0.15, 0.2) is 53.1 Å². The van der Waals surface area contributed by atoms with Crippen LogP contribution in [-0.4, -0.2) is 39.2 Å². The molecule has 29 heavy (non-hydrogen) atoms. The van der Waals surface area contributed by atoms with Crippen molar-refractivity contribution in [3.05, 3.63) is 76.0 Å². The molecule has 0 aliphatic carbocycles. The molecule has 1 heterocycles. The number of carboxylic acids is 1. The first-order valence-corrected chi connectivity index (χ1v) is 9.11. The van der Waals surface area contributed by atoms with Crippen LogP contribution >= 0.6 is 11.6 Å². The molecule has 1 aromatic heterocycles. The van der Waals surface area contributed by atoms with Crippen LogP contribution in [0.1, 0.15) is 44.3 Å². The van der Waals surface area contributed by atoms with Gasteiger partial charge in [0.05, 0.1) is 16.1 Å². The second kappa shape index (κ2) is 8.61. The summed E-state index contributed by atoms with van der Waals surface area (Å²) in [4.78, 5) is 24.3. The maximum Gasteiger partial charge on any atom is 0.459 e. The maximum absolute atomic E-state index is 13.1. The number of nitrogens with zero attached hydrogens (tertiary/aromatic N) is 1. The van der Waals surface area contributed by atoms with E-state index in [2.05, 4.69) is 5.16 Å². The van der Waals surface area contributed by atoms with Gasteiger partial charge in [0.1, 0.15) is 11.5 Å². The zero-order valence-electron chi connectivity index (χ0n) is 15.4. The summed E-state index contributed by atoms with van der Waals surface area (Å²) in [6.45, 7) is 1.58.